The van der Waals surface area contributed by atoms with Gasteiger partial charge in [0.2, 0.25) is 0 Å². The average molecular weight is 484 g/mol. The van der Waals surface area contributed by atoms with E-state index in [1.165, 1.54) is 11.1 Å². The van der Waals surface area contributed by atoms with Crippen molar-refractivity contribution in [1.82, 2.24) is 0 Å². The van der Waals surface area contributed by atoms with Crippen LogP contribution in [0.1, 0.15) is 33.7 Å². The Bertz CT molecular complexity index is 1320. The molecule has 0 aliphatic heterocycles. The Morgan fingerprint density at radius 1 is 1.00 bits per heavy atom. The standard InChI is InChI=1S/C29H29NO4Si/c1-19-20(13-14-35(2,3)4)15-22(16-21(19)17-28(31)32)30-29(33)34-18-27-25-11-7-5-9-23(25)24-10-6-8-12-26(24)27/h5-12,15-16,27H,17-18H2,1-4H3,(H,30,33)(H,31,32). The van der Waals surface area contributed by atoms with E-state index >= 15 is 0 Å². The highest BCUT2D eigenvalue weighted by molar-refractivity contribution is 6.83. The summed E-state index contributed by atoms with van der Waals surface area (Å²) in [7, 11) is -1.64. The lowest BCUT2D eigenvalue weighted by Crippen LogP contribution is -2.18. The van der Waals surface area contributed by atoms with Crippen molar-refractivity contribution < 1.29 is 19.4 Å². The summed E-state index contributed by atoms with van der Waals surface area (Å²) in [5.41, 5.74) is 10.6. The molecule has 178 valence electrons. The summed E-state index contributed by atoms with van der Waals surface area (Å²) in [5.74, 6) is 2.24. The van der Waals surface area contributed by atoms with Crippen LogP contribution in [0.5, 0.6) is 0 Å². The van der Waals surface area contributed by atoms with Crippen molar-refractivity contribution >= 4 is 25.8 Å². The third-order valence-electron chi connectivity index (χ3n) is 6.02. The third kappa shape index (κ3) is 5.64. The van der Waals surface area contributed by atoms with E-state index in [0.717, 1.165) is 22.3 Å². The molecule has 1 aliphatic rings. The van der Waals surface area contributed by atoms with Crippen LogP contribution in [0.2, 0.25) is 19.6 Å². The van der Waals surface area contributed by atoms with E-state index in [1.807, 2.05) is 31.2 Å². The van der Waals surface area contributed by atoms with Crippen molar-refractivity contribution in [3.05, 3.63) is 88.5 Å². The van der Waals surface area contributed by atoms with E-state index < -0.39 is 20.1 Å². The van der Waals surface area contributed by atoms with Gasteiger partial charge in [0.25, 0.3) is 0 Å². The van der Waals surface area contributed by atoms with Gasteiger partial charge in [0.05, 0.1) is 6.42 Å². The molecule has 0 radical (unpaired) electrons. The fourth-order valence-electron chi connectivity index (χ4n) is 4.33. The second-order valence-electron chi connectivity index (χ2n) is 9.83. The molecule has 0 bridgehead atoms. The van der Waals surface area contributed by atoms with Crippen molar-refractivity contribution in [2.45, 2.75) is 38.9 Å². The number of ether oxygens (including phenoxy) is 1. The molecule has 3 aromatic carbocycles. The number of carboxylic acid groups (broad SMARTS) is 1. The quantitative estimate of drug-likeness (QED) is 0.334. The Morgan fingerprint density at radius 3 is 2.17 bits per heavy atom. The molecule has 0 saturated heterocycles. The van der Waals surface area contributed by atoms with Gasteiger partial charge in [-0.15, -0.1) is 5.54 Å². The van der Waals surface area contributed by atoms with Gasteiger partial charge in [-0.05, 0) is 52.4 Å². The van der Waals surface area contributed by atoms with E-state index in [-0.39, 0.29) is 18.9 Å². The molecule has 4 rings (SSSR count). The molecular formula is C29H29NO4Si. The topological polar surface area (TPSA) is 75.6 Å². The number of hydrogen-bond acceptors (Lipinski definition) is 3. The van der Waals surface area contributed by atoms with Gasteiger partial charge in [-0.1, -0.05) is 74.1 Å². The highest BCUT2D eigenvalue weighted by atomic mass is 28.3. The van der Waals surface area contributed by atoms with E-state index in [0.29, 0.717) is 11.3 Å². The molecule has 6 heteroatoms. The Balaban J connectivity index is 1.54. The van der Waals surface area contributed by atoms with E-state index in [1.54, 1.807) is 12.1 Å². The lowest BCUT2D eigenvalue weighted by molar-refractivity contribution is -0.136. The van der Waals surface area contributed by atoms with Crippen molar-refractivity contribution in [2.75, 3.05) is 11.9 Å². The van der Waals surface area contributed by atoms with Gasteiger partial charge >= 0.3 is 12.1 Å². The van der Waals surface area contributed by atoms with Gasteiger partial charge in [0.1, 0.15) is 14.7 Å². The fraction of sp³-hybridized carbons (Fsp3) is 0.241. The largest absolute Gasteiger partial charge is 0.481 e. The number of nitrogens with one attached hydrogen (secondary N) is 1. The normalized spacial score (nSPS) is 12.2. The molecule has 1 aliphatic carbocycles. The predicted octanol–water partition coefficient (Wildman–Crippen LogP) is 6.21. The van der Waals surface area contributed by atoms with Crippen LogP contribution in [0, 0.1) is 18.4 Å². The number of anilines is 1. The average Bonchev–Trinajstić information content (AvgIpc) is 3.12. The molecule has 5 nitrogen and oxygen atoms in total. The molecular weight excluding hydrogens is 454 g/mol. The molecule has 0 spiro atoms. The highest BCUT2D eigenvalue weighted by Crippen LogP contribution is 2.44. The summed E-state index contributed by atoms with van der Waals surface area (Å²) < 4.78 is 5.65. The van der Waals surface area contributed by atoms with Gasteiger partial charge in [-0.3, -0.25) is 10.1 Å². The van der Waals surface area contributed by atoms with Crippen molar-refractivity contribution in [3.63, 3.8) is 0 Å². The first-order valence-corrected chi connectivity index (χ1v) is 15.1. The van der Waals surface area contributed by atoms with Crippen LogP contribution in [0.25, 0.3) is 11.1 Å². The number of fused-ring (bicyclic) bond motifs is 3. The van der Waals surface area contributed by atoms with Crippen LogP contribution >= 0.6 is 0 Å². The summed E-state index contributed by atoms with van der Waals surface area (Å²) in [6.07, 6.45) is -0.727. The lowest BCUT2D eigenvalue weighted by Gasteiger charge is -2.16. The van der Waals surface area contributed by atoms with Crippen LogP contribution < -0.4 is 5.32 Å². The number of amides is 1. The van der Waals surface area contributed by atoms with E-state index in [4.69, 9.17) is 4.74 Å². The number of carbonyl (C=O) groups excluding carboxylic acids is 1. The van der Waals surface area contributed by atoms with Crippen molar-refractivity contribution in [2.24, 2.45) is 0 Å². The maximum absolute atomic E-state index is 12.8. The first-order chi connectivity index (χ1) is 16.6. The minimum Gasteiger partial charge on any atom is -0.481 e. The first kappa shape index (κ1) is 24.3. The summed E-state index contributed by atoms with van der Waals surface area (Å²) in [5, 5.41) is 12.1. The molecule has 0 aromatic heterocycles. The summed E-state index contributed by atoms with van der Waals surface area (Å²) >= 11 is 0. The predicted molar refractivity (Wildman–Crippen MR) is 141 cm³/mol. The Labute approximate surface area is 207 Å². The molecule has 2 N–H and O–H groups in total. The van der Waals surface area contributed by atoms with Gasteiger partial charge in [0, 0.05) is 17.2 Å². The third-order valence-corrected chi connectivity index (χ3v) is 6.89. The summed E-state index contributed by atoms with van der Waals surface area (Å²) in [6.45, 7) is 8.50. The van der Waals surface area contributed by atoms with Crippen LogP contribution in [-0.4, -0.2) is 31.8 Å². The van der Waals surface area contributed by atoms with Crippen LogP contribution in [0.4, 0.5) is 10.5 Å². The van der Waals surface area contributed by atoms with Crippen LogP contribution in [0.3, 0.4) is 0 Å². The zero-order valence-corrected chi connectivity index (χ0v) is 21.4. The number of aliphatic carboxylic acids is 1. The SMILES string of the molecule is Cc1c(C#C[Si](C)(C)C)cc(NC(=O)OCC2c3ccccc3-c3ccccc32)cc1CC(=O)O. The van der Waals surface area contributed by atoms with E-state index in [9.17, 15) is 14.7 Å². The summed E-state index contributed by atoms with van der Waals surface area (Å²) in [6, 6.07) is 19.8. The smallest absolute Gasteiger partial charge is 0.411 e. The number of hydrogen-bond donors (Lipinski definition) is 2. The maximum Gasteiger partial charge on any atom is 0.411 e. The minimum absolute atomic E-state index is 0.0353. The molecule has 0 heterocycles. The monoisotopic (exact) mass is 483 g/mol. The Kier molecular flexibility index (Phi) is 6.81. The molecule has 35 heavy (non-hydrogen) atoms. The Morgan fingerprint density at radius 2 is 1.60 bits per heavy atom. The summed E-state index contributed by atoms with van der Waals surface area (Å²) in [4.78, 5) is 24.2. The van der Waals surface area contributed by atoms with Gasteiger partial charge in [0.15, 0.2) is 0 Å². The zero-order chi connectivity index (χ0) is 25.2. The number of rotatable bonds is 5. The molecule has 0 fully saturated rings. The second kappa shape index (κ2) is 9.81. The lowest BCUT2D eigenvalue weighted by atomic mass is 9.98. The fourth-order valence-corrected chi connectivity index (χ4v) is 4.84. The highest BCUT2D eigenvalue weighted by Gasteiger charge is 2.29. The minimum atomic E-state index is -1.64. The number of carboxylic acids is 1. The maximum atomic E-state index is 12.8. The van der Waals surface area contributed by atoms with E-state index in [2.05, 4.69) is 60.7 Å². The van der Waals surface area contributed by atoms with Crippen molar-refractivity contribution in [1.29, 1.82) is 0 Å². The molecule has 0 unspecified atom stereocenters. The molecule has 3 aromatic rings. The van der Waals surface area contributed by atoms with Crippen LogP contribution in [-0.2, 0) is 16.0 Å². The van der Waals surface area contributed by atoms with Gasteiger partial charge in [-0.2, -0.15) is 0 Å². The van der Waals surface area contributed by atoms with Gasteiger partial charge in [-0.25, -0.2) is 4.79 Å². The first-order valence-electron chi connectivity index (χ1n) is 11.6. The van der Waals surface area contributed by atoms with Crippen LogP contribution in [0.15, 0.2) is 60.7 Å². The molecule has 1 amide bonds. The van der Waals surface area contributed by atoms with Crippen molar-refractivity contribution in [3.8, 4) is 22.6 Å². The molecule has 0 atom stereocenters. The second-order valence-corrected chi connectivity index (χ2v) is 14.6. The Hall–Kier alpha value is -3.82. The number of benzene rings is 3. The number of carbonyl (C=O) groups is 2. The molecule has 0 saturated carbocycles. The zero-order valence-electron chi connectivity index (χ0n) is 20.4. The van der Waals surface area contributed by atoms with Gasteiger partial charge < -0.3 is 9.84 Å².